The summed E-state index contributed by atoms with van der Waals surface area (Å²) in [6.07, 6.45) is 0. The van der Waals surface area contributed by atoms with Gasteiger partial charge in [0.05, 0.1) is 16.7 Å². The fraction of sp³-hybridized carbons (Fsp3) is 0.120. The summed E-state index contributed by atoms with van der Waals surface area (Å²) in [4.78, 5) is 42.7. The van der Waals surface area contributed by atoms with Crippen molar-refractivity contribution in [1.82, 2.24) is 9.55 Å². The van der Waals surface area contributed by atoms with E-state index in [1.165, 1.54) is 11.5 Å². The van der Waals surface area contributed by atoms with Gasteiger partial charge in [-0.1, -0.05) is 41.4 Å². The van der Waals surface area contributed by atoms with Crippen molar-refractivity contribution >= 4 is 45.8 Å². The maximum atomic E-state index is 13.6. The number of hydrogen-bond donors (Lipinski definition) is 2. The lowest BCUT2D eigenvalue weighted by Crippen LogP contribution is -2.30. The molecule has 1 aromatic heterocycles. The second-order valence-electron chi connectivity index (χ2n) is 7.63. The highest BCUT2D eigenvalue weighted by molar-refractivity contribution is 6.30. The molecule has 3 aromatic carbocycles. The van der Waals surface area contributed by atoms with E-state index in [0.717, 1.165) is 5.56 Å². The Morgan fingerprint density at radius 2 is 1.79 bits per heavy atom. The molecule has 0 spiro atoms. The third-order valence-electron chi connectivity index (χ3n) is 5.00. The Balaban J connectivity index is 1.82. The molecule has 0 fully saturated rings. The van der Waals surface area contributed by atoms with Crippen LogP contribution in [-0.2, 0) is 16.1 Å². The molecule has 0 saturated carbocycles. The number of hydrogen-bond acceptors (Lipinski definition) is 4. The molecule has 2 N–H and O–H groups in total. The molecule has 0 aliphatic heterocycles. The van der Waals surface area contributed by atoms with E-state index >= 15 is 0 Å². The Morgan fingerprint density at radius 3 is 2.55 bits per heavy atom. The zero-order valence-electron chi connectivity index (χ0n) is 18.1. The van der Waals surface area contributed by atoms with E-state index in [9.17, 15) is 14.4 Å². The van der Waals surface area contributed by atoms with Gasteiger partial charge in [-0.2, -0.15) is 0 Å². The Bertz CT molecular complexity index is 1450. The van der Waals surface area contributed by atoms with Gasteiger partial charge in [-0.25, -0.2) is 4.98 Å². The second kappa shape index (κ2) is 9.26. The molecule has 0 aliphatic carbocycles. The summed E-state index contributed by atoms with van der Waals surface area (Å²) in [7, 11) is 0. The van der Waals surface area contributed by atoms with Crippen LogP contribution < -0.4 is 16.2 Å². The number of benzene rings is 3. The molecule has 2 amide bonds. The second-order valence-corrected chi connectivity index (χ2v) is 8.07. The standard InChI is InChI=1S/C25H21ClN4O3/c1-15-10-11-20(27-16(2)31)19(12-15)24-25(33)30(22-9-4-3-8-21(22)29-24)14-23(32)28-18-7-5-6-17(26)13-18/h3-13H,14H2,1-2H3,(H,27,31)(H,28,32). The predicted octanol–water partition coefficient (Wildman–Crippen LogP) is 4.62. The van der Waals surface area contributed by atoms with Crippen LogP contribution >= 0.6 is 11.6 Å². The van der Waals surface area contributed by atoms with Crippen LogP contribution in [0.3, 0.4) is 0 Å². The van der Waals surface area contributed by atoms with Gasteiger partial charge in [-0.15, -0.1) is 0 Å². The van der Waals surface area contributed by atoms with Gasteiger partial charge in [0.15, 0.2) is 0 Å². The Hall–Kier alpha value is -3.97. The van der Waals surface area contributed by atoms with Crippen LogP contribution in [0.1, 0.15) is 12.5 Å². The number of para-hydroxylation sites is 2. The van der Waals surface area contributed by atoms with Crippen molar-refractivity contribution in [2.24, 2.45) is 0 Å². The van der Waals surface area contributed by atoms with Gasteiger partial charge in [0.1, 0.15) is 12.2 Å². The summed E-state index contributed by atoms with van der Waals surface area (Å²) in [5, 5.41) is 6.01. The SMILES string of the molecule is CC(=O)Nc1ccc(C)cc1-c1nc2ccccc2n(CC(=O)Nc2cccc(Cl)c2)c1=O. The molecular formula is C25H21ClN4O3. The summed E-state index contributed by atoms with van der Waals surface area (Å²) in [6.45, 7) is 3.07. The maximum Gasteiger partial charge on any atom is 0.278 e. The minimum atomic E-state index is -0.438. The molecule has 7 nitrogen and oxygen atoms in total. The van der Waals surface area contributed by atoms with Gasteiger partial charge in [-0.05, 0) is 49.4 Å². The van der Waals surface area contributed by atoms with Crippen LogP contribution in [0.5, 0.6) is 0 Å². The molecule has 4 aromatic rings. The van der Waals surface area contributed by atoms with Crippen molar-refractivity contribution in [3.8, 4) is 11.3 Å². The third kappa shape index (κ3) is 4.94. The Morgan fingerprint density at radius 1 is 1.00 bits per heavy atom. The first-order chi connectivity index (χ1) is 15.8. The molecule has 0 atom stereocenters. The highest BCUT2D eigenvalue weighted by Gasteiger charge is 2.18. The monoisotopic (exact) mass is 460 g/mol. The van der Waals surface area contributed by atoms with E-state index in [1.807, 2.05) is 19.1 Å². The Kier molecular flexibility index (Phi) is 6.24. The van der Waals surface area contributed by atoms with Crippen LogP contribution in [0, 0.1) is 6.92 Å². The van der Waals surface area contributed by atoms with E-state index < -0.39 is 5.56 Å². The highest BCUT2D eigenvalue weighted by atomic mass is 35.5. The number of carbonyl (C=O) groups is 2. The molecule has 0 saturated heterocycles. The van der Waals surface area contributed by atoms with Gasteiger partial charge in [-0.3, -0.25) is 19.0 Å². The molecule has 0 bridgehead atoms. The molecule has 33 heavy (non-hydrogen) atoms. The van der Waals surface area contributed by atoms with Crippen molar-refractivity contribution in [3.05, 3.63) is 87.7 Å². The van der Waals surface area contributed by atoms with Gasteiger partial charge in [0.25, 0.3) is 5.56 Å². The third-order valence-corrected chi connectivity index (χ3v) is 5.24. The smallest absolute Gasteiger partial charge is 0.278 e. The van der Waals surface area contributed by atoms with Crippen LogP contribution in [-0.4, -0.2) is 21.4 Å². The minimum Gasteiger partial charge on any atom is -0.326 e. The zero-order valence-corrected chi connectivity index (χ0v) is 18.8. The number of anilines is 2. The number of carbonyl (C=O) groups excluding carboxylic acids is 2. The van der Waals surface area contributed by atoms with E-state index in [-0.39, 0.29) is 24.1 Å². The van der Waals surface area contributed by atoms with E-state index in [1.54, 1.807) is 54.6 Å². The summed E-state index contributed by atoms with van der Waals surface area (Å²) in [5.74, 6) is -0.643. The fourth-order valence-corrected chi connectivity index (χ4v) is 3.78. The van der Waals surface area contributed by atoms with Crippen LogP contribution in [0.2, 0.25) is 5.02 Å². The largest absolute Gasteiger partial charge is 0.326 e. The van der Waals surface area contributed by atoms with Crippen LogP contribution in [0.4, 0.5) is 11.4 Å². The number of fused-ring (bicyclic) bond motifs is 1. The summed E-state index contributed by atoms with van der Waals surface area (Å²) < 4.78 is 1.39. The number of nitrogens with one attached hydrogen (secondary N) is 2. The zero-order chi connectivity index (χ0) is 23.5. The lowest BCUT2D eigenvalue weighted by atomic mass is 10.1. The number of rotatable bonds is 5. The first-order valence-electron chi connectivity index (χ1n) is 10.3. The molecule has 4 rings (SSSR count). The number of aromatic nitrogens is 2. The van der Waals surface area contributed by atoms with Crippen molar-refractivity contribution in [3.63, 3.8) is 0 Å². The Labute approximate surface area is 195 Å². The van der Waals surface area contributed by atoms with Gasteiger partial charge < -0.3 is 10.6 Å². The maximum absolute atomic E-state index is 13.6. The van der Waals surface area contributed by atoms with E-state index in [4.69, 9.17) is 11.6 Å². The minimum absolute atomic E-state index is 0.150. The number of halogens is 1. The summed E-state index contributed by atoms with van der Waals surface area (Å²) in [5.41, 5.74) is 3.19. The van der Waals surface area contributed by atoms with Crippen LogP contribution in [0.25, 0.3) is 22.3 Å². The van der Waals surface area contributed by atoms with Crippen molar-refractivity contribution < 1.29 is 9.59 Å². The first kappa shape index (κ1) is 22.2. The fourth-order valence-electron chi connectivity index (χ4n) is 3.59. The van der Waals surface area contributed by atoms with Crippen molar-refractivity contribution in [2.45, 2.75) is 20.4 Å². The molecule has 8 heteroatoms. The lowest BCUT2D eigenvalue weighted by molar-refractivity contribution is -0.117. The highest BCUT2D eigenvalue weighted by Crippen LogP contribution is 2.27. The average Bonchev–Trinajstić information content (AvgIpc) is 2.76. The van der Waals surface area contributed by atoms with Crippen LogP contribution in [0.15, 0.2) is 71.5 Å². The van der Waals surface area contributed by atoms with Gasteiger partial charge in [0, 0.05) is 23.2 Å². The first-order valence-corrected chi connectivity index (χ1v) is 10.6. The van der Waals surface area contributed by atoms with Crippen molar-refractivity contribution in [2.75, 3.05) is 10.6 Å². The van der Waals surface area contributed by atoms with Gasteiger partial charge in [0.2, 0.25) is 11.8 Å². The van der Waals surface area contributed by atoms with E-state index in [2.05, 4.69) is 15.6 Å². The predicted molar refractivity (Wildman–Crippen MR) is 131 cm³/mol. The number of aryl methyl sites for hydroxylation is 1. The average molecular weight is 461 g/mol. The lowest BCUT2D eigenvalue weighted by Gasteiger charge is -2.15. The molecule has 1 heterocycles. The number of amides is 2. The van der Waals surface area contributed by atoms with Crippen molar-refractivity contribution in [1.29, 1.82) is 0 Å². The summed E-state index contributed by atoms with van der Waals surface area (Å²) in [6, 6.07) is 19.3. The molecule has 0 aliphatic rings. The van der Waals surface area contributed by atoms with E-state index in [0.29, 0.717) is 33.0 Å². The normalized spacial score (nSPS) is 10.8. The van der Waals surface area contributed by atoms with Gasteiger partial charge >= 0.3 is 0 Å². The molecule has 166 valence electrons. The molecular weight excluding hydrogens is 440 g/mol. The summed E-state index contributed by atoms with van der Waals surface area (Å²) >= 11 is 6.00. The quantitative estimate of drug-likeness (QED) is 0.454. The molecule has 0 unspecified atom stereocenters. The topological polar surface area (TPSA) is 93.1 Å². The molecule has 0 radical (unpaired) electrons. The number of nitrogens with zero attached hydrogens (tertiary/aromatic N) is 2.